The average molecular weight is 322 g/mol. The quantitative estimate of drug-likeness (QED) is 0.789. The van der Waals surface area contributed by atoms with E-state index in [1.165, 1.54) is 0 Å². The Morgan fingerprint density at radius 3 is 3.00 bits per heavy atom. The van der Waals surface area contributed by atoms with Crippen LogP contribution in [-0.4, -0.2) is 17.3 Å². The summed E-state index contributed by atoms with van der Waals surface area (Å²) in [5.41, 5.74) is 0.850. The van der Waals surface area contributed by atoms with Crippen LogP contribution in [0.1, 0.15) is 18.7 Å². The van der Waals surface area contributed by atoms with Crippen molar-refractivity contribution in [1.82, 2.24) is 10.1 Å². The molecular weight excluding hydrogens is 310 g/mol. The van der Waals surface area contributed by atoms with Gasteiger partial charge in [-0.3, -0.25) is 0 Å². The summed E-state index contributed by atoms with van der Waals surface area (Å²) in [6.45, 7) is 0. The molecule has 0 N–H and O–H groups in total. The van der Waals surface area contributed by atoms with Gasteiger partial charge in [0.05, 0.1) is 17.7 Å². The zero-order valence-electron chi connectivity index (χ0n) is 10.4. The molecule has 0 spiro atoms. The van der Waals surface area contributed by atoms with Gasteiger partial charge in [-0.25, -0.2) is 0 Å². The second-order valence-electron chi connectivity index (χ2n) is 3.87. The lowest BCUT2D eigenvalue weighted by Gasteiger charge is -2.03. The molecule has 0 saturated heterocycles. The summed E-state index contributed by atoms with van der Waals surface area (Å²) in [5.74, 6) is 1.84. The number of ether oxygens (including phenoxy) is 1. The van der Waals surface area contributed by atoms with Crippen LogP contribution in [0.2, 0.25) is 0 Å². The monoisotopic (exact) mass is 321 g/mol. The topological polar surface area (TPSA) is 71.9 Å². The van der Waals surface area contributed by atoms with E-state index < -0.39 is 0 Å². The first-order chi connectivity index (χ1) is 9.24. The maximum absolute atomic E-state index is 8.47. The number of methoxy groups -OCH3 is 1. The van der Waals surface area contributed by atoms with E-state index in [-0.39, 0.29) is 0 Å². The van der Waals surface area contributed by atoms with Crippen molar-refractivity contribution in [2.45, 2.75) is 19.3 Å². The van der Waals surface area contributed by atoms with Crippen molar-refractivity contribution in [2.24, 2.45) is 0 Å². The normalized spacial score (nSPS) is 10.2. The fourth-order valence-corrected chi connectivity index (χ4v) is 2.14. The van der Waals surface area contributed by atoms with E-state index in [0.29, 0.717) is 24.6 Å². The first-order valence-electron chi connectivity index (χ1n) is 5.78. The maximum atomic E-state index is 8.47. The molecule has 2 aromatic rings. The third kappa shape index (κ3) is 3.32. The molecule has 0 atom stereocenters. The Labute approximate surface area is 119 Å². The van der Waals surface area contributed by atoms with Crippen molar-refractivity contribution in [2.75, 3.05) is 7.11 Å². The minimum Gasteiger partial charge on any atom is -0.496 e. The van der Waals surface area contributed by atoms with Crippen LogP contribution in [0, 0.1) is 11.3 Å². The number of aromatic nitrogens is 2. The first kappa shape index (κ1) is 13.6. The van der Waals surface area contributed by atoms with Crippen molar-refractivity contribution >= 4 is 15.9 Å². The van der Waals surface area contributed by atoms with E-state index in [2.05, 4.69) is 32.1 Å². The Balaban J connectivity index is 2.14. The molecule has 0 aliphatic carbocycles. The minimum absolute atomic E-state index is 0.492. The summed E-state index contributed by atoms with van der Waals surface area (Å²) >= 11 is 3.42. The van der Waals surface area contributed by atoms with Crippen molar-refractivity contribution in [3.8, 4) is 23.2 Å². The fourth-order valence-electron chi connectivity index (χ4n) is 1.60. The zero-order valence-corrected chi connectivity index (χ0v) is 12.0. The largest absolute Gasteiger partial charge is 0.496 e. The van der Waals surface area contributed by atoms with Crippen LogP contribution >= 0.6 is 15.9 Å². The highest BCUT2D eigenvalue weighted by atomic mass is 79.9. The molecule has 1 aromatic carbocycles. The average Bonchev–Trinajstić information content (AvgIpc) is 2.88. The van der Waals surface area contributed by atoms with Gasteiger partial charge in [-0.05, 0) is 40.5 Å². The van der Waals surface area contributed by atoms with Gasteiger partial charge in [0.15, 0.2) is 0 Å². The molecule has 0 unspecified atom stereocenters. The van der Waals surface area contributed by atoms with Gasteiger partial charge in [0.2, 0.25) is 11.7 Å². The molecule has 5 nitrogen and oxygen atoms in total. The lowest BCUT2D eigenvalue weighted by Crippen LogP contribution is -1.87. The number of nitrogens with zero attached hydrogens (tertiary/aromatic N) is 3. The van der Waals surface area contributed by atoms with E-state index in [1.54, 1.807) is 7.11 Å². The van der Waals surface area contributed by atoms with Crippen molar-refractivity contribution in [3.05, 3.63) is 28.6 Å². The molecule has 0 radical (unpaired) electrons. The Hall–Kier alpha value is -1.87. The van der Waals surface area contributed by atoms with E-state index in [4.69, 9.17) is 14.5 Å². The number of benzene rings is 1. The Morgan fingerprint density at radius 2 is 2.32 bits per heavy atom. The van der Waals surface area contributed by atoms with E-state index in [0.717, 1.165) is 22.2 Å². The van der Waals surface area contributed by atoms with Crippen LogP contribution in [-0.2, 0) is 6.42 Å². The third-order valence-corrected chi connectivity index (χ3v) is 3.18. The second-order valence-corrected chi connectivity index (χ2v) is 4.73. The predicted octanol–water partition coefficient (Wildman–Crippen LogP) is 3.35. The number of aryl methyl sites for hydroxylation is 1. The highest BCUT2D eigenvalue weighted by molar-refractivity contribution is 9.10. The van der Waals surface area contributed by atoms with Crippen molar-refractivity contribution in [3.63, 3.8) is 0 Å². The van der Waals surface area contributed by atoms with Gasteiger partial charge in [0.1, 0.15) is 5.75 Å². The van der Waals surface area contributed by atoms with Gasteiger partial charge in [0.25, 0.3) is 0 Å². The number of hydrogen-bond donors (Lipinski definition) is 0. The SMILES string of the molecule is COc1ccc(-c2noc(CCCC#N)n2)cc1Br. The molecule has 98 valence electrons. The van der Waals surface area contributed by atoms with Gasteiger partial charge >= 0.3 is 0 Å². The second kappa shape index (κ2) is 6.34. The number of rotatable bonds is 5. The molecule has 0 amide bonds. The highest BCUT2D eigenvalue weighted by Gasteiger charge is 2.10. The smallest absolute Gasteiger partial charge is 0.226 e. The van der Waals surface area contributed by atoms with Crippen LogP contribution in [0.15, 0.2) is 27.2 Å². The summed E-state index contributed by atoms with van der Waals surface area (Å²) in [5, 5.41) is 12.4. The number of unbranched alkanes of at least 4 members (excludes halogenated alkanes) is 1. The summed E-state index contributed by atoms with van der Waals surface area (Å²) in [6.07, 6.45) is 1.84. The fraction of sp³-hybridized carbons (Fsp3) is 0.308. The molecule has 19 heavy (non-hydrogen) atoms. The van der Waals surface area contributed by atoms with Crippen molar-refractivity contribution in [1.29, 1.82) is 5.26 Å². The molecule has 2 rings (SSSR count). The standard InChI is InChI=1S/C13H12BrN3O2/c1-18-11-6-5-9(8-10(11)14)13-16-12(19-17-13)4-2-3-7-15/h5-6,8H,2-4H2,1H3. The lowest BCUT2D eigenvalue weighted by atomic mass is 10.2. The molecule has 0 aliphatic rings. The van der Waals surface area contributed by atoms with E-state index >= 15 is 0 Å². The predicted molar refractivity (Wildman–Crippen MR) is 72.5 cm³/mol. The van der Waals surface area contributed by atoms with E-state index in [1.807, 2.05) is 18.2 Å². The highest BCUT2D eigenvalue weighted by Crippen LogP contribution is 2.29. The van der Waals surface area contributed by atoms with E-state index in [9.17, 15) is 0 Å². The maximum Gasteiger partial charge on any atom is 0.226 e. The Bertz CT molecular complexity index is 604. The molecule has 6 heteroatoms. The zero-order chi connectivity index (χ0) is 13.7. The van der Waals surface area contributed by atoms with Crippen LogP contribution < -0.4 is 4.74 Å². The van der Waals surface area contributed by atoms with Gasteiger partial charge in [-0.2, -0.15) is 10.2 Å². The van der Waals surface area contributed by atoms with Gasteiger partial charge in [0, 0.05) is 18.4 Å². The summed E-state index contributed by atoms with van der Waals surface area (Å²) in [6, 6.07) is 7.67. The van der Waals surface area contributed by atoms with Crippen LogP contribution in [0.3, 0.4) is 0 Å². The first-order valence-corrected chi connectivity index (χ1v) is 6.57. The summed E-state index contributed by atoms with van der Waals surface area (Å²) in [7, 11) is 1.61. The Morgan fingerprint density at radius 1 is 1.47 bits per heavy atom. The summed E-state index contributed by atoms with van der Waals surface area (Å²) < 4.78 is 11.1. The molecule has 0 saturated carbocycles. The van der Waals surface area contributed by atoms with Crippen LogP contribution in [0.4, 0.5) is 0 Å². The number of nitriles is 1. The lowest BCUT2D eigenvalue weighted by molar-refractivity contribution is 0.376. The van der Waals surface area contributed by atoms with Gasteiger partial charge in [-0.1, -0.05) is 5.16 Å². The third-order valence-electron chi connectivity index (χ3n) is 2.56. The molecule has 1 heterocycles. The van der Waals surface area contributed by atoms with Gasteiger partial charge < -0.3 is 9.26 Å². The van der Waals surface area contributed by atoms with Gasteiger partial charge in [-0.15, -0.1) is 0 Å². The number of halogens is 1. The molecule has 0 aliphatic heterocycles. The van der Waals surface area contributed by atoms with Crippen LogP contribution in [0.5, 0.6) is 5.75 Å². The molecule has 0 bridgehead atoms. The minimum atomic E-state index is 0.492. The molecular formula is C13H12BrN3O2. The van der Waals surface area contributed by atoms with Crippen molar-refractivity contribution < 1.29 is 9.26 Å². The number of hydrogen-bond acceptors (Lipinski definition) is 5. The Kier molecular flexibility index (Phi) is 4.53. The summed E-state index contributed by atoms with van der Waals surface area (Å²) in [4.78, 5) is 4.30. The van der Waals surface area contributed by atoms with Crippen LogP contribution in [0.25, 0.3) is 11.4 Å². The molecule has 1 aromatic heterocycles. The molecule has 0 fully saturated rings.